The highest BCUT2D eigenvalue weighted by Gasteiger charge is 2.40. The average molecular weight is 291 g/mol. The van der Waals surface area contributed by atoms with Gasteiger partial charge in [-0.15, -0.1) is 11.8 Å². The second kappa shape index (κ2) is 5.98. The molecule has 2 N–H and O–H groups in total. The first-order valence-corrected chi connectivity index (χ1v) is 8.83. The third-order valence-electron chi connectivity index (χ3n) is 4.81. The molecule has 1 aliphatic carbocycles. The quantitative estimate of drug-likeness (QED) is 0.655. The molecule has 2 fully saturated rings. The van der Waals surface area contributed by atoms with E-state index in [1.165, 1.54) is 55.4 Å². The van der Waals surface area contributed by atoms with E-state index in [9.17, 15) is 0 Å². The Bertz CT molecular complexity index is 468. The van der Waals surface area contributed by atoms with E-state index in [-0.39, 0.29) is 5.60 Å². The van der Waals surface area contributed by atoms with Crippen LogP contribution in [0.4, 0.5) is 5.69 Å². The second-order valence-corrected chi connectivity index (χ2v) is 7.38. The summed E-state index contributed by atoms with van der Waals surface area (Å²) in [5.41, 5.74) is 8.49. The molecule has 20 heavy (non-hydrogen) atoms. The van der Waals surface area contributed by atoms with E-state index in [4.69, 9.17) is 10.5 Å². The van der Waals surface area contributed by atoms with Crippen molar-refractivity contribution in [3.8, 4) is 0 Å². The monoisotopic (exact) mass is 291 g/mol. The van der Waals surface area contributed by atoms with E-state index >= 15 is 0 Å². The lowest BCUT2D eigenvalue weighted by Crippen LogP contribution is -2.32. The van der Waals surface area contributed by atoms with Gasteiger partial charge in [-0.05, 0) is 44.2 Å². The number of hydrogen-bond donors (Lipinski definition) is 1. The smallest absolute Gasteiger partial charge is 0.0687 e. The van der Waals surface area contributed by atoms with Gasteiger partial charge in [0.2, 0.25) is 0 Å². The van der Waals surface area contributed by atoms with E-state index in [0.717, 1.165) is 11.4 Å². The van der Waals surface area contributed by atoms with Crippen molar-refractivity contribution in [1.29, 1.82) is 0 Å². The van der Waals surface area contributed by atoms with Crippen LogP contribution in [0.3, 0.4) is 0 Å². The molecule has 2 aliphatic rings. The molecule has 1 heterocycles. The molecule has 1 aromatic rings. The number of thioether (sulfide) groups is 1. The summed E-state index contributed by atoms with van der Waals surface area (Å²) in [7, 11) is 0. The number of nitrogen functional groups attached to an aromatic ring is 1. The van der Waals surface area contributed by atoms with Gasteiger partial charge in [-0.3, -0.25) is 0 Å². The Morgan fingerprint density at radius 3 is 2.85 bits per heavy atom. The van der Waals surface area contributed by atoms with Crippen LogP contribution < -0.4 is 5.73 Å². The number of nitrogens with two attached hydrogens (primary N) is 1. The minimum atomic E-state index is 0.238. The summed E-state index contributed by atoms with van der Waals surface area (Å²) in [6, 6.07) is 6.28. The third kappa shape index (κ3) is 2.99. The van der Waals surface area contributed by atoms with Crippen LogP contribution in [0, 0.1) is 6.92 Å². The maximum atomic E-state index is 6.42. The Balaban J connectivity index is 1.56. The lowest BCUT2D eigenvalue weighted by Gasteiger charge is -2.33. The fourth-order valence-electron chi connectivity index (χ4n) is 3.54. The number of hydrogen-bond acceptors (Lipinski definition) is 3. The molecule has 0 aromatic heterocycles. The van der Waals surface area contributed by atoms with E-state index in [1.807, 2.05) is 11.8 Å². The molecule has 0 amide bonds. The predicted octanol–water partition coefficient (Wildman–Crippen LogP) is 4.55. The molecule has 0 bridgehead atoms. The molecule has 0 radical (unpaired) electrons. The van der Waals surface area contributed by atoms with Crippen LogP contribution in [-0.2, 0) is 4.74 Å². The van der Waals surface area contributed by atoms with Crippen LogP contribution in [0.5, 0.6) is 0 Å². The minimum Gasteiger partial charge on any atom is -0.398 e. The molecule has 110 valence electrons. The number of ether oxygens (including phenoxy) is 1. The second-order valence-electron chi connectivity index (χ2n) is 6.32. The summed E-state index contributed by atoms with van der Waals surface area (Å²) in [6.07, 6.45) is 9.56. The summed E-state index contributed by atoms with van der Waals surface area (Å²) in [5.74, 6) is 1.04. The molecule has 1 atom stereocenters. The van der Waals surface area contributed by atoms with Gasteiger partial charge in [-0.25, -0.2) is 0 Å². The molecule has 1 spiro atoms. The number of aryl methyl sites for hydroxylation is 1. The fourth-order valence-corrected chi connectivity index (χ4v) is 4.63. The first kappa shape index (κ1) is 14.3. The molecule has 1 aliphatic heterocycles. The van der Waals surface area contributed by atoms with Crippen molar-refractivity contribution in [2.75, 3.05) is 11.5 Å². The van der Waals surface area contributed by atoms with E-state index < -0.39 is 0 Å². The largest absolute Gasteiger partial charge is 0.398 e. The van der Waals surface area contributed by atoms with Crippen molar-refractivity contribution in [3.63, 3.8) is 0 Å². The van der Waals surface area contributed by atoms with Gasteiger partial charge in [0.1, 0.15) is 0 Å². The van der Waals surface area contributed by atoms with Crippen molar-refractivity contribution >= 4 is 17.4 Å². The Labute approximate surface area is 126 Å². The summed E-state index contributed by atoms with van der Waals surface area (Å²) < 4.78 is 6.42. The van der Waals surface area contributed by atoms with Gasteiger partial charge in [0.15, 0.2) is 0 Å². The first-order chi connectivity index (χ1) is 9.69. The van der Waals surface area contributed by atoms with E-state index in [0.29, 0.717) is 6.10 Å². The van der Waals surface area contributed by atoms with E-state index in [1.54, 1.807) is 0 Å². The standard InChI is InChI=1S/C17H25NOS/c1-13-6-5-7-15(16(13)18)20-12-14-8-11-17(19-14)9-3-2-4-10-17/h5-7,14H,2-4,8-12,18H2,1H3. The van der Waals surface area contributed by atoms with Crippen molar-refractivity contribution in [1.82, 2.24) is 0 Å². The van der Waals surface area contributed by atoms with Crippen LogP contribution >= 0.6 is 11.8 Å². The Kier molecular flexibility index (Phi) is 4.27. The highest BCUT2D eigenvalue weighted by Crippen LogP contribution is 2.43. The van der Waals surface area contributed by atoms with Gasteiger partial charge in [-0.1, -0.05) is 31.4 Å². The van der Waals surface area contributed by atoms with Gasteiger partial charge in [0.25, 0.3) is 0 Å². The number of benzene rings is 1. The summed E-state index contributed by atoms with van der Waals surface area (Å²) in [5, 5.41) is 0. The van der Waals surface area contributed by atoms with Crippen LogP contribution in [0.25, 0.3) is 0 Å². The maximum absolute atomic E-state index is 6.42. The van der Waals surface area contributed by atoms with Crippen molar-refractivity contribution in [2.45, 2.75) is 68.5 Å². The average Bonchev–Trinajstić information content (AvgIpc) is 2.84. The van der Waals surface area contributed by atoms with Gasteiger partial charge in [0.05, 0.1) is 11.7 Å². The van der Waals surface area contributed by atoms with Crippen LogP contribution in [-0.4, -0.2) is 17.5 Å². The van der Waals surface area contributed by atoms with Crippen molar-refractivity contribution < 1.29 is 4.74 Å². The number of anilines is 1. The summed E-state index contributed by atoms with van der Waals surface area (Å²) in [4.78, 5) is 1.21. The lowest BCUT2D eigenvalue weighted by atomic mass is 9.83. The van der Waals surface area contributed by atoms with Gasteiger partial charge in [0, 0.05) is 16.3 Å². The normalized spacial score (nSPS) is 25.1. The Morgan fingerprint density at radius 2 is 2.05 bits per heavy atom. The first-order valence-electron chi connectivity index (χ1n) is 7.84. The lowest BCUT2D eigenvalue weighted by molar-refractivity contribution is -0.0555. The topological polar surface area (TPSA) is 35.2 Å². The van der Waals surface area contributed by atoms with Gasteiger partial charge in [-0.2, -0.15) is 0 Å². The van der Waals surface area contributed by atoms with Crippen molar-refractivity contribution in [3.05, 3.63) is 23.8 Å². The summed E-state index contributed by atoms with van der Waals surface area (Å²) in [6.45, 7) is 2.07. The van der Waals surface area contributed by atoms with E-state index in [2.05, 4.69) is 25.1 Å². The zero-order chi connectivity index (χ0) is 14.0. The summed E-state index contributed by atoms with van der Waals surface area (Å²) >= 11 is 1.86. The number of rotatable bonds is 3. The molecule has 3 rings (SSSR count). The predicted molar refractivity (Wildman–Crippen MR) is 86.2 cm³/mol. The van der Waals surface area contributed by atoms with Gasteiger partial charge < -0.3 is 10.5 Å². The fraction of sp³-hybridized carbons (Fsp3) is 0.647. The molecule has 3 heteroatoms. The molecule has 1 saturated carbocycles. The molecule has 1 aromatic carbocycles. The van der Waals surface area contributed by atoms with Crippen LogP contribution in [0.15, 0.2) is 23.1 Å². The molecule has 1 saturated heterocycles. The van der Waals surface area contributed by atoms with Gasteiger partial charge >= 0.3 is 0 Å². The highest BCUT2D eigenvalue weighted by molar-refractivity contribution is 7.99. The maximum Gasteiger partial charge on any atom is 0.0687 e. The highest BCUT2D eigenvalue weighted by atomic mass is 32.2. The van der Waals surface area contributed by atoms with Crippen LogP contribution in [0.1, 0.15) is 50.5 Å². The number of para-hydroxylation sites is 1. The SMILES string of the molecule is Cc1cccc(SCC2CCC3(CCCCC3)O2)c1N. The molecular formula is C17H25NOS. The zero-order valence-corrected chi connectivity index (χ0v) is 13.2. The zero-order valence-electron chi connectivity index (χ0n) is 12.4. The van der Waals surface area contributed by atoms with Crippen LogP contribution in [0.2, 0.25) is 0 Å². The molecule has 1 unspecified atom stereocenters. The van der Waals surface area contributed by atoms with Crippen molar-refractivity contribution in [2.24, 2.45) is 0 Å². The minimum absolute atomic E-state index is 0.238. The Morgan fingerprint density at radius 1 is 1.25 bits per heavy atom. The Hall–Kier alpha value is -0.670. The third-order valence-corrected chi connectivity index (χ3v) is 6.02. The molecule has 2 nitrogen and oxygen atoms in total. The molecular weight excluding hydrogens is 266 g/mol.